The molecule has 1 rings (SSSR count). The van der Waals surface area contributed by atoms with Gasteiger partial charge in [-0.05, 0) is 57.8 Å². The topological polar surface area (TPSA) is 59.0 Å². The molecular weight excluding hydrogens is 212 g/mol. The maximum atomic E-state index is 8.77. The summed E-state index contributed by atoms with van der Waals surface area (Å²) in [5, 5.41) is 8.77. The normalized spacial score (nSPS) is 28.4. The standard InChI is InChI=1S/C14H26N2O/c1-12-5-7-13(8-6-12)17-10-4-3-9-14(2,16)11-15/h12-13H,3-10,16H2,1-2H3. The zero-order chi connectivity index (χ0) is 12.7. The van der Waals surface area contributed by atoms with E-state index in [2.05, 4.69) is 13.0 Å². The van der Waals surface area contributed by atoms with Gasteiger partial charge in [-0.3, -0.25) is 0 Å². The third-order valence-corrected chi connectivity index (χ3v) is 3.66. The van der Waals surface area contributed by atoms with E-state index in [1.165, 1.54) is 25.7 Å². The van der Waals surface area contributed by atoms with Crippen LogP contribution in [0.4, 0.5) is 0 Å². The second kappa shape index (κ2) is 6.98. The molecule has 0 aromatic carbocycles. The number of unbranched alkanes of at least 4 members (excludes halogenated alkanes) is 1. The summed E-state index contributed by atoms with van der Waals surface area (Å²) in [6.07, 6.45) is 8.27. The van der Waals surface area contributed by atoms with E-state index < -0.39 is 5.54 Å². The Hall–Kier alpha value is -0.590. The Morgan fingerprint density at radius 3 is 2.53 bits per heavy atom. The first-order valence-corrected chi connectivity index (χ1v) is 6.85. The summed E-state index contributed by atoms with van der Waals surface area (Å²) in [5.41, 5.74) is 5.09. The molecule has 0 aromatic rings. The van der Waals surface area contributed by atoms with Crippen molar-refractivity contribution in [2.24, 2.45) is 11.7 Å². The molecule has 2 N–H and O–H groups in total. The fourth-order valence-corrected chi connectivity index (χ4v) is 2.30. The van der Waals surface area contributed by atoms with Gasteiger partial charge >= 0.3 is 0 Å². The zero-order valence-corrected chi connectivity index (χ0v) is 11.2. The summed E-state index contributed by atoms with van der Waals surface area (Å²) in [6.45, 7) is 4.93. The minimum atomic E-state index is -0.666. The molecule has 1 unspecified atom stereocenters. The monoisotopic (exact) mass is 238 g/mol. The van der Waals surface area contributed by atoms with E-state index in [-0.39, 0.29) is 0 Å². The van der Waals surface area contributed by atoms with E-state index in [4.69, 9.17) is 15.7 Å². The second-order valence-corrected chi connectivity index (χ2v) is 5.74. The second-order valence-electron chi connectivity index (χ2n) is 5.74. The van der Waals surface area contributed by atoms with Gasteiger partial charge in [0.1, 0.15) is 5.54 Å². The van der Waals surface area contributed by atoms with Crippen molar-refractivity contribution in [1.29, 1.82) is 5.26 Å². The first-order valence-electron chi connectivity index (χ1n) is 6.85. The highest BCUT2D eigenvalue weighted by atomic mass is 16.5. The molecule has 17 heavy (non-hydrogen) atoms. The van der Waals surface area contributed by atoms with Crippen LogP contribution in [0.25, 0.3) is 0 Å². The highest BCUT2D eigenvalue weighted by Gasteiger charge is 2.19. The van der Waals surface area contributed by atoms with E-state index in [0.717, 1.165) is 31.8 Å². The van der Waals surface area contributed by atoms with Gasteiger partial charge in [0.15, 0.2) is 0 Å². The van der Waals surface area contributed by atoms with Crippen LogP contribution in [0.2, 0.25) is 0 Å². The maximum Gasteiger partial charge on any atom is 0.101 e. The molecule has 0 amide bonds. The largest absolute Gasteiger partial charge is 0.378 e. The Morgan fingerprint density at radius 2 is 1.94 bits per heavy atom. The third-order valence-electron chi connectivity index (χ3n) is 3.66. The van der Waals surface area contributed by atoms with Crippen LogP contribution in [0, 0.1) is 17.2 Å². The number of nitrogens with two attached hydrogens (primary N) is 1. The summed E-state index contributed by atoms with van der Waals surface area (Å²) in [6, 6.07) is 2.12. The molecule has 3 heteroatoms. The Balaban J connectivity index is 2.00. The van der Waals surface area contributed by atoms with Crippen molar-refractivity contribution < 1.29 is 4.74 Å². The molecule has 1 atom stereocenters. The first kappa shape index (κ1) is 14.5. The molecule has 98 valence electrons. The van der Waals surface area contributed by atoms with Gasteiger partial charge < -0.3 is 10.5 Å². The van der Waals surface area contributed by atoms with Gasteiger partial charge in [-0.2, -0.15) is 5.26 Å². The van der Waals surface area contributed by atoms with Gasteiger partial charge in [0, 0.05) is 6.61 Å². The molecule has 3 nitrogen and oxygen atoms in total. The molecule has 1 aliphatic carbocycles. The predicted octanol–water partition coefficient (Wildman–Crippen LogP) is 2.99. The molecular formula is C14H26N2O. The molecule has 0 aromatic heterocycles. The van der Waals surface area contributed by atoms with Crippen LogP contribution in [0.15, 0.2) is 0 Å². The highest BCUT2D eigenvalue weighted by molar-refractivity contribution is 5.00. The molecule has 0 saturated heterocycles. The lowest BCUT2D eigenvalue weighted by atomic mass is 9.89. The number of rotatable bonds is 6. The van der Waals surface area contributed by atoms with Gasteiger partial charge in [0.05, 0.1) is 12.2 Å². The fourth-order valence-electron chi connectivity index (χ4n) is 2.30. The summed E-state index contributed by atoms with van der Waals surface area (Å²) in [7, 11) is 0. The molecule has 1 fully saturated rings. The number of hydrogen-bond donors (Lipinski definition) is 1. The van der Waals surface area contributed by atoms with Gasteiger partial charge in [-0.25, -0.2) is 0 Å². The van der Waals surface area contributed by atoms with Gasteiger partial charge in [0.2, 0.25) is 0 Å². The average molecular weight is 238 g/mol. The molecule has 0 aliphatic heterocycles. The number of nitrogens with zero attached hydrogens (tertiary/aromatic N) is 1. The van der Waals surface area contributed by atoms with E-state index in [9.17, 15) is 0 Å². The van der Waals surface area contributed by atoms with Crippen molar-refractivity contribution >= 4 is 0 Å². The van der Waals surface area contributed by atoms with Crippen molar-refractivity contribution in [1.82, 2.24) is 0 Å². The Bertz CT molecular complexity index is 249. The van der Waals surface area contributed by atoms with Crippen LogP contribution >= 0.6 is 0 Å². The van der Waals surface area contributed by atoms with Crippen molar-refractivity contribution in [3.63, 3.8) is 0 Å². The lowest BCUT2D eigenvalue weighted by molar-refractivity contribution is 0.0176. The lowest BCUT2D eigenvalue weighted by Gasteiger charge is -2.26. The SMILES string of the molecule is CC1CCC(OCCCCC(C)(N)C#N)CC1. The smallest absolute Gasteiger partial charge is 0.101 e. The Labute approximate surface area is 105 Å². The summed E-state index contributed by atoms with van der Waals surface area (Å²) < 4.78 is 5.86. The summed E-state index contributed by atoms with van der Waals surface area (Å²) in [4.78, 5) is 0. The predicted molar refractivity (Wildman–Crippen MR) is 69.4 cm³/mol. The highest BCUT2D eigenvalue weighted by Crippen LogP contribution is 2.25. The molecule has 1 aliphatic rings. The zero-order valence-electron chi connectivity index (χ0n) is 11.2. The van der Waals surface area contributed by atoms with Crippen LogP contribution in [0.5, 0.6) is 0 Å². The molecule has 0 radical (unpaired) electrons. The van der Waals surface area contributed by atoms with Crippen molar-refractivity contribution in [3.05, 3.63) is 0 Å². The fraction of sp³-hybridized carbons (Fsp3) is 0.929. The third kappa shape index (κ3) is 6.05. The van der Waals surface area contributed by atoms with Crippen LogP contribution < -0.4 is 5.73 Å². The quantitative estimate of drug-likeness (QED) is 0.724. The number of ether oxygens (including phenoxy) is 1. The molecule has 0 spiro atoms. The molecule has 0 heterocycles. The Kier molecular flexibility index (Phi) is 5.94. The van der Waals surface area contributed by atoms with Crippen LogP contribution in [-0.2, 0) is 4.74 Å². The summed E-state index contributed by atoms with van der Waals surface area (Å²) in [5.74, 6) is 0.878. The van der Waals surface area contributed by atoms with E-state index in [0.29, 0.717) is 6.10 Å². The molecule has 1 saturated carbocycles. The Morgan fingerprint density at radius 1 is 1.29 bits per heavy atom. The van der Waals surface area contributed by atoms with Crippen LogP contribution in [-0.4, -0.2) is 18.2 Å². The van der Waals surface area contributed by atoms with E-state index in [1.54, 1.807) is 6.92 Å². The minimum absolute atomic E-state index is 0.478. The molecule has 0 bridgehead atoms. The van der Waals surface area contributed by atoms with E-state index >= 15 is 0 Å². The lowest BCUT2D eigenvalue weighted by Crippen LogP contribution is -2.33. The number of hydrogen-bond acceptors (Lipinski definition) is 3. The van der Waals surface area contributed by atoms with E-state index in [1.807, 2.05) is 0 Å². The van der Waals surface area contributed by atoms with Crippen LogP contribution in [0.1, 0.15) is 58.8 Å². The first-order chi connectivity index (χ1) is 8.03. The van der Waals surface area contributed by atoms with Crippen molar-refractivity contribution in [2.75, 3.05) is 6.61 Å². The van der Waals surface area contributed by atoms with Crippen molar-refractivity contribution in [3.8, 4) is 6.07 Å². The van der Waals surface area contributed by atoms with Crippen LogP contribution in [0.3, 0.4) is 0 Å². The van der Waals surface area contributed by atoms with Gasteiger partial charge in [-0.15, -0.1) is 0 Å². The maximum absolute atomic E-state index is 8.77. The minimum Gasteiger partial charge on any atom is -0.378 e. The van der Waals surface area contributed by atoms with Crippen molar-refractivity contribution in [2.45, 2.75) is 70.4 Å². The van der Waals surface area contributed by atoms with Gasteiger partial charge in [-0.1, -0.05) is 6.92 Å². The van der Waals surface area contributed by atoms with Gasteiger partial charge in [0.25, 0.3) is 0 Å². The number of nitriles is 1. The average Bonchev–Trinajstić information content (AvgIpc) is 2.31. The summed E-state index contributed by atoms with van der Waals surface area (Å²) >= 11 is 0.